The monoisotopic (exact) mass is 485 g/mol. The molecular formula is C27H29F2NO5. The number of allylic oxidation sites excluding steroid dienone is 2. The van der Waals surface area contributed by atoms with Crippen molar-refractivity contribution in [2.75, 3.05) is 13.2 Å². The van der Waals surface area contributed by atoms with Gasteiger partial charge in [0.25, 0.3) is 0 Å². The van der Waals surface area contributed by atoms with Gasteiger partial charge in [-0.3, -0.25) is 0 Å². The molecule has 2 aromatic rings. The third-order valence-corrected chi connectivity index (χ3v) is 5.77. The highest BCUT2D eigenvalue weighted by molar-refractivity contribution is 5.99. The average Bonchev–Trinajstić information content (AvgIpc) is 2.79. The van der Waals surface area contributed by atoms with Gasteiger partial charge in [-0.05, 0) is 64.4 Å². The van der Waals surface area contributed by atoms with E-state index in [0.29, 0.717) is 36.7 Å². The molecule has 35 heavy (non-hydrogen) atoms. The topological polar surface area (TPSA) is 76.1 Å². The van der Waals surface area contributed by atoms with E-state index < -0.39 is 35.6 Å². The number of carboxylic acid groups (broad SMARTS) is 1. The van der Waals surface area contributed by atoms with Gasteiger partial charge in [-0.15, -0.1) is 0 Å². The lowest BCUT2D eigenvalue weighted by Crippen LogP contribution is -2.36. The molecule has 8 heteroatoms. The molecule has 0 fully saturated rings. The van der Waals surface area contributed by atoms with E-state index in [-0.39, 0.29) is 16.7 Å². The molecule has 1 unspecified atom stereocenters. The molecule has 0 spiro atoms. The van der Waals surface area contributed by atoms with Crippen LogP contribution >= 0.6 is 0 Å². The quantitative estimate of drug-likeness (QED) is 0.378. The first-order valence-corrected chi connectivity index (χ1v) is 11.4. The van der Waals surface area contributed by atoms with E-state index >= 15 is 0 Å². The van der Waals surface area contributed by atoms with Crippen molar-refractivity contribution in [3.8, 4) is 5.75 Å². The minimum atomic E-state index is -1.33. The molecule has 3 rings (SSSR count). The molecule has 6 nitrogen and oxygen atoms in total. The van der Waals surface area contributed by atoms with Gasteiger partial charge in [0.1, 0.15) is 17.4 Å². The first kappa shape index (κ1) is 25.9. The fraction of sp³-hybridized carbons (Fsp3) is 0.333. The van der Waals surface area contributed by atoms with E-state index in [1.807, 2.05) is 30.3 Å². The normalized spacial score (nSPS) is 16.1. The van der Waals surface area contributed by atoms with Crippen molar-refractivity contribution in [3.05, 3.63) is 88.3 Å². The zero-order chi connectivity index (χ0) is 25.7. The summed E-state index contributed by atoms with van der Waals surface area (Å²) in [5.41, 5.74) is 0.287. The van der Waals surface area contributed by atoms with Crippen LogP contribution in [0.25, 0.3) is 0 Å². The van der Waals surface area contributed by atoms with Crippen LogP contribution in [0.3, 0.4) is 0 Å². The maximum atomic E-state index is 14.9. The minimum Gasteiger partial charge on any atom is -0.494 e. The van der Waals surface area contributed by atoms with E-state index in [1.165, 1.54) is 0 Å². The van der Waals surface area contributed by atoms with Gasteiger partial charge in [-0.1, -0.05) is 18.2 Å². The number of aliphatic carboxylic acids is 1. The van der Waals surface area contributed by atoms with Crippen molar-refractivity contribution in [2.24, 2.45) is 0 Å². The molecule has 2 aromatic carbocycles. The highest BCUT2D eigenvalue weighted by Gasteiger charge is 2.41. The molecule has 1 aliphatic rings. The number of rotatable bonds is 9. The molecule has 1 heterocycles. The summed E-state index contributed by atoms with van der Waals surface area (Å²) in [5.74, 6) is -4.27. The highest BCUT2D eigenvalue weighted by atomic mass is 19.1. The number of esters is 1. The lowest BCUT2D eigenvalue weighted by atomic mass is 9.79. The summed E-state index contributed by atoms with van der Waals surface area (Å²) >= 11 is 0. The van der Waals surface area contributed by atoms with E-state index in [0.717, 1.165) is 18.2 Å². The van der Waals surface area contributed by atoms with Crippen LogP contribution < -0.4 is 4.74 Å². The third kappa shape index (κ3) is 5.88. The molecule has 1 aliphatic heterocycles. The van der Waals surface area contributed by atoms with E-state index in [1.54, 1.807) is 32.6 Å². The summed E-state index contributed by atoms with van der Waals surface area (Å²) in [5, 5.41) is 10.1. The molecule has 0 bridgehead atoms. The van der Waals surface area contributed by atoms with Crippen molar-refractivity contribution >= 4 is 11.9 Å². The Morgan fingerprint density at radius 2 is 1.69 bits per heavy atom. The molecule has 0 saturated carbocycles. The van der Waals surface area contributed by atoms with Crippen LogP contribution in [0.15, 0.2) is 71.1 Å². The molecule has 0 aromatic heterocycles. The number of ether oxygens (including phenoxy) is 2. The van der Waals surface area contributed by atoms with Crippen LogP contribution in [-0.4, -0.2) is 41.2 Å². The molecule has 1 atom stereocenters. The summed E-state index contributed by atoms with van der Waals surface area (Å²) in [6.45, 7) is 7.27. The van der Waals surface area contributed by atoms with E-state index in [4.69, 9.17) is 9.47 Å². The second kappa shape index (κ2) is 11.2. The van der Waals surface area contributed by atoms with Crippen molar-refractivity contribution in [2.45, 2.75) is 46.1 Å². The Morgan fingerprint density at radius 3 is 2.31 bits per heavy atom. The van der Waals surface area contributed by atoms with Crippen LogP contribution in [0.1, 0.15) is 45.6 Å². The molecule has 0 aliphatic carbocycles. The van der Waals surface area contributed by atoms with Crippen LogP contribution in [0.4, 0.5) is 8.78 Å². The first-order chi connectivity index (χ1) is 16.6. The van der Waals surface area contributed by atoms with Crippen molar-refractivity contribution in [1.82, 2.24) is 4.90 Å². The molecule has 0 radical (unpaired) electrons. The standard InChI is InChI=1S/C27H29F2NO5/c1-16(2)35-27(33)24-18(4)30(13-8-14-34-20-9-6-5-7-10-20)17(3)23(26(31)32)25(24)21-15-19(28)11-12-22(21)29/h5-7,9-12,15-16,25H,8,13-14H2,1-4H3,(H,31,32). The lowest BCUT2D eigenvalue weighted by Gasteiger charge is -2.37. The lowest BCUT2D eigenvalue weighted by molar-refractivity contribution is -0.143. The highest BCUT2D eigenvalue weighted by Crippen LogP contribution is 2.43. The summed E-state index contributed by atoms with van der Waals surface area (Å²) < 4.78 is 40.1. The fourth-order valence-corrected chi connectivity index (χ4v) is 4.24. The fourth-order valence-electron chi connectivity index (χ4n) is 4.24. The van der Waals surface area contributed by atoms with E-state index in [9.17, 15) is 23.5 Å². The maximum absolute atomic E-state index is 14.9. The van der Waals surface area contributed by atoms with Crippen molar-refractivity contribution in [3.63, 3.8) is 0 Å². The molecular weight excluding hydrogens is 456 g/mol. The number of carbonyl (C=O) groups is 2. The van der Waals surface area contributed by atoms with Gasteiger partial charge in [0.15, 0.2) is 0 Å². The predicted molar refractivity (Wildman–Crippen MR) is 127 cm³/mol. The number of hydrogen-bond donors (Lipinski definition) is 1. The Bertz CT molecular complexity index is 1160. The Labute approximate surface area is 203 Å². The van der Waals surface area contributed by atoms with Gasteiger partial charge >= 0.3 is 11.9 Å². The second-order valence-electron chi connectivity index (χ2n) is 8.52. The van der Waals surface area contributed by atoms with Crippen LogP contribution in [0.5, 0.6) is 5.75 Å². The number of halogens is 2. The maximum Gasteiger partial charge on any atom is 0.337 e. The number of carbonyl (C=O) groups excluding carboxylic acids is 1. The Kier molecular flexibility index (Phi) is 8.27. The third-order valence-electron chi connectivity index (χ3n) is 5.77. The number of para-hydroxylation sites is 1. The van der Waals surface area contributed by atoms with Crippen LogP contribution in [-0.2, 0) is 14.3 Å². The zero-order valence-corrected chi connectivity index (χ0v) is 20.2. The molecule has 0 amide bonds. The van der Waals surface area contributed by atoms with E-state index in [2.05, 4.69) is 0 Å². The average molecular weight is 486 g/mol. The van der Waals surface area contributed by atoms with Crippen molar-refractivity contribution in [1.29, 1.82) is 0 Å². The second-order valence-corrected chi connectivity index (χ2v) is 8.52. The number of hydrogen-bond acceptors (Lipinski definition) is 5. The van der Waals surface area contributed by atoms with Gasteiger partial charge in [-0.25, -0.2) is 18.4 Å². The van der Waals surface area contributed by atoms with Crippen molar-refractivity contribution < 1.29 is 33.0 Å². The van der Waals surface area contributed by atoms with Crippen LogP contribution in [0.2, 0.25) is 0 Å². The summed E-state index contributed by atoms with van der Waals surface area (Å²) in [6.07, 6.45) is 0.0240. The Hall–Kier alpha value is -3.68. The first-order valence-electron chi connectivity index (χ1n) is 11.4. The minimum absolute atomic E-state index is 0.0322. The predicted octanol–water partition coefficient (Wildman–Crippen LogP) is 5.42. The van der Waals surface area contributed by atoms with Gasteiger partial charge < -0.3 is 19.5 Å². The number of benzene rings is 2. The SMILES string of the molecule is CC1=C(C(=O)O)C(c2cc(F)ccc2F)C(C(=O)OC(C)C)=C(C)N1CCCOc1ccccc1. The van der Waals surface area contributed by atoms with Gasteiger partial charge in [0, 0.05) is 23.5 Å². The summed E-state index contributed by atoms with van der Waals surface area (Å²) in [7, 11) is 0. The Balaban J connectivity index is 2.02. The molecule has 186 valence electrons. The number of carboxylic acids is 1. The molecule has 0 saturated heterocycles. The zero-order valence-electron chi connectivity index (χ0n) is 20.2. The van der Waals surface area contributed by atoms with Gasteiger partial charge in [0.2, 0.25) is 0 Å². The number of nitrogens with zero attached hydrogens (tertiary/aromatic N) is 1. The summed E-state index contributed by atoms with van der Waals surface area (Å²) in [4.78, 5) is 27.3. The van der Waals surface area contributed by atoms with Crippen LogP contribution in [0, 0.1) is 11.6 Å². The molecule has 1 N–H and O–H groups in total. The van der Waals surface area contributed by atoms with Gasteiger partial charge in [-0.2, -0.15) is 0 Å². The summed E-state index contributed by atoms with van der Waals surface area (Å²) in [6, 6.07) is 12.1. The largest absolute Gasteiger partial charge is 0.494 e. The smallest absolute Gasteiger partial charge is 0.337 e. The Morgan fingerprint density at radius 1 is 1.03 bits per heavy atom. The van der Waals surface area contributed by atoms with Gasteiger partial charge in [0.05, 0.1) is 29.8 Å².